The number of hydrogen-bond acceptors (Lipinski definition) is 4. The molecule has 0 radical (unpaired) electrons. The van der Waals surface area contributed by atoms with E-state index in [0.29, 0.717) is 29.0 Å². The Morgan fingerprint density at radius 1 is 0.767 bits per heavy atom. The predicted octanol–water partition coefficient (Wildman–Crippen LogP) is 8.16. The largest absolute Gasteiger partial charge is 0.453 e. The van der Waals surface area contributed by atoms with E-state index < -0.39 is 0 Å². The molecule has 6 nitrogen and oxygen atoms in total. The van der Waals surface area contributed by atoms with Gasteiger partial charge >= 0.3 is 0 Å². The van der Waals surface area contributed by atoms with Crippen molar-refractivity contribution in [3.8, 4) is 11.6 Å². The van der Waals surface area contributed by atoms with Crippen LogP contribution in [-0.2, 0) is 6.54 Å². The van der Waals surface area contributed by atoms with Crippen LogP contribution in [0.1, 0.15) is 16.8 Å². The van der Waals surface area contributed by atoms with Crippen LogP contribution in [0.3, 0.4) is 0 Å². The standard InChI is InChI=1S/C37H26N4O2/c1-24-31(29-16-6-8-19-33(29)40(24)23-27-14-10-13-25-11-2-4-15-28(25)27)22-38-41-36(35-21-26-12-3-9-20-34(26)43-35)39-32-18-7-5-17-30(32)37(41)42/h2-22H,23H2,1H3. The van der Waals surface area contributed by atoms with Gasteiger partial charge in [0.25, 0.3) is 5.56 Å². The minimum atomic E-state index is -0.255. The number of fused-ring (bicyclic) bond motifs is 4. The molecule has 0 amide bonds. The highest BCUT2D eigenvalue weighted by molar-refractivity contribution is 6.01. The Morgan fingerprint density at radius 2 is 1.47 bits per heavy atom. The number of nitrogens with zero attached hydrogens (tertiary/aromatic N) is 4. The molecule has 0 saturated carbocycles. The molecule has 8 rings (SSSR count). The van der Waals surface area contributed by atoms with Crippen molar-refractivity contribution in [2.45, 2.75) is 13.5 Å². The fourth-order valence-corrected chi connectivity index (χ4v) is 6.02. The minimum absolute atomic E-state index is 0.255. The molecule has 0 spiro atoms. The van der Waals surface area contributed by atoms with Gasteiger partial charge in [-0.05, 0) is 53.6 Å². The highest BCUT2D eigenvalue weighted by atomic mass is 16.3. The summed E-state index contributed by atoms with van der Waals surface area (Å²) in [5.41, 5.74) is 5.43. The van der Waals surface area contributed by atoms with Crippen molar-refractivity contribution in [2.75, 3.05) is 0 Å². The second-order valence-corrected chi connectivity index (χ2v) is 10.7. The van der Waals surface area contributed by atoms with Crippen LogP contribution in [0, 0.1) is 6.92 Å². The lowest BCUT2D eigenvalue weighted by molar-refractivity contribution is 0.616. The zero-order valence-corrected chi connectivity index (χ0v) is 23.4. The SMILES string of the molecule is Cc1c(C=Nn2c(-c3cc4ccccc4o3)nc3ccccc3c2=O)c2ccccc2n1Cc1cccc2ccccc12. The highest BCUT2D eigenvalue weighted by Gasteiger charge is 2.18. The first-order valence-electron chi connectivity index (χ1n) is 14.3. The quantitative estimate of drug-likeness (QED) is 0.200. The van der Waals surface area contributed by atoms with Gasteiger partial charge in [-0.25, -0.2) is 4.98 Å². The first-order chi connectivity index (χ1) is 21.2. The average molecular weight is 559 g/mol. The van der Waals surface area contributed by atoms with Gasteiger partial charge in [-0.15, -0.1) is 0 Å². The molecule has 0 bridgehead atoms. The summed E-state index contributed by atoms with van der Waals surface area (Å²) >= 11 is 0. The van der Waals surface area contributed by atoms with Gasteiger partial charge in [0, 0.05) is 34.1 Å². The maximum Gasteiger partial charge on any atom is 0.282 e. The lowest BCUT2D eigenvalue weighted by Gasteiger charge is -2.11. The first kappa shape index (κ1) is 25.0. The third-order valence-corrected chi connectivity index (χ3v) is 8.19. The molecule has 0 fully saturated rings. The van der Waals surface area contributed by atoms with Crippen molar-refractivity contribution in [2.24, 2.45) is 5.10 Å². The topological polar surface area (TPSA) is 65.3 Å². The number of rotatable bonds is 5. The predicted molar refractivity (Wildman–Crippen MR) is 174 cm³/mol. The Labute approximate surface area is 246 Å². The molecule has 43 heavy (non-hydrogen) atoms. The van der Waals surface area contributed by atoms with Crippen LogP contribution >= 0.6 is 0 Å². The lowest BCUT2D eigenvalue weighted by Crippen LogP contribution is -2.20. The summed E-state index contributed by atoms with van der Waals surface area (Å²) in [6.45, 7) is 2.82. The van der Waals surface area contributed by atoms with Gasteiger partial charge in [0.05, 0.1) is 17.1 Å². The normalized spacial score (nSPS) is 11.9. The zero-order chi connectivity index (χ0) is 28.9. The molecule has 0 aliphatic carbocycles. The van der Waals surface area contributed by atoms with Crippen LogP contribution in [-0.4, -0.2) is 20.4 Å². The third-order valence-electron chi connectivity index (χ3n) is 8.19. The summed E-state index contributed by atoms with van der Waals surface area (Å²) in [5.74, 6) is 0.838. The fraction of sp³-hybridized carbons (Fsp3) is 0.0541. The summed E-state index contributed by atoms with van der Waals surface area (Å²) in [6.07, 6.45) is 1.78. The minimum Gasteiger partial charge on any atom is -0.453 e. The van der Waals surface area contributed by atoms with E-state index in [0.717, 1.165) is 33.1 Å². The molecule has 3 heterocycles. The summed E-state index contributed by atoms with van der Waals surface area (Å²) < 4.78 is 9.83. The monoisotopic (exact) mass is 558 g/mol. The van der Waals surface area contributed by atoms with Gasteiger partial charge in [-0.1, -0.05) is 91.0 Å². The van der Waals surface area contributed by atoms with Crippen LogP contribution in [0.5, 0.6) is 0 Å². The maximum atomic E-state index is 13.8. The van der Waals surface area contributed by atoms with Crippen LogP contribution < -0.4 is 5.56 Å². The molecule has 6 heteroatoms. The van der Waals surface area contributed by atoms with Crippen molar-refractivity contribution in [3.05, 3.63) is 149 Å². The summed E-state index contributed by atoms with van der Waals surface area (Å²) in [6, 6.07) is 40.2. The molecule has 206 valence electrons. The molecular weight excluding hydrogens is 532 g/mol. The van der Waals surface area contributed by atoms with Crippen molar-refractivity contribution in [1.29, 1.82) is 0 Å². The molecule has 0 atom stereocenters. The molecule has 5 aromatic carbocycles. The average Bonchev–Trinajstić information content (AvgIpc) is 3.59. The van der Waals surface area contributed by atoms with E-state index in [1.165, 1.54) is 21.0 Å². The molecule has 0 N–H and O–H groups in total. The summed E-state index contributed by atoms with van der Waals surface area (Å²) in [5, 5.41) is 9.75. The summed E-state index contributed by atoms with van der Waals surface area (Å²) in [4.78, 5) is 18.7. The van der Waals surface area contributed by atoms with E-state index in [4.69, 9.17) is 14.5 Å². The molecule has 0 unspecified atom stereocenters. The van der Waals surface area contributed by atoms with E-state index >= 15 is 0 Å². The molecular formula is C37H26N4O2. The summed E-state index contributed by atoms with van der Waals surface area (Å²) in [7, 11) is 0. The highest BCUT2D eigenvalue weighted by Crippen LogP contribution is 2.29. The van der Waals surface area contributed by atoms with Gasteiger partial charge < -0.3 is 8.98 Å². The molecule has 3 aromatic heterocycles. The van der Waals surface area contributed by atoms with Gasteiger partial charge in [-0.2, -0.15) is 9.78 Å². The third kappa shape index (κ3) is 4.15. The van der Waals surface area contributed by atoms with Crippen molar-refractivity contribution < 1.29 is 4.42 Å². The van der Waals surface area contributed by atoms with Crippen molar-refractivity contribution >= 4 is 49.8 Å². The van der Waals surface area contributed by atoms with E-state index in [9.17, 15) is 4.79 Å². The van der Waals surface area contributed by atoms with E-state index in [-0.39, 0.29) is 5.56 Å². The molecule has 0 aliphatic rings. The Morgan fingerprint density at radius 3 is 2.33 bits per heavy atom. The zero-order valence-electron chi connectivity index (χ0n) is 23.4. The van der Waals surface area contributed by atoms with Gasteiger partial charge in [0.15, 0.2) is 5.76 Å². The first-order valence-corrected chi connectivity index (χ1v) is 14.3. The Balaban J connectivity index is 1.30. The number of benzene rings is 5. The van der Waals surface area contributed by atoms with Gasteiger partial charge in [-0.3, -0.25) is 4.79 Å². The smallest absolute Gasteiger partial charge is 0.282 e. The van der Waals surface area contributed by atoms with Gasteiger partial charge in [0.1, 0.15) is 5.58 Å². The molecule has 8 aromatic rings. The Bertz CT molecular complexity index is 2390. The Hall–Kier alpha value is -5.75. The second kappa shape index (κ2) is 9.96. The van der Waals surface area contributed by atoms with Gasteiger partial charge in [0.2, 0.25) is 5.82 Å². The number of para-hydroxylation sites is 3. The van der Waals surface area contributed by atoms with Crippen LogP contribution in [0.2, 0.25) is 0 Å². The maximum absolute atomic E-state index is 13.8. The van der Waals surface area contributed by atoms with Crippen LogP contribution in [0.4, 0.5) is 0 Å². The molecule has 0 saturated heterocycles. The second-order valence-electron chi connectivity index (χ2n) is 10.7. The Kier molecular flexibility index (Phi) is 5.79. The molecule has 0 aliphatic heterocycles. The van der Waals surface area contributed by atoms with E-state index in [1.54, 1.807) is 12.3 Å². The van der Waals surface area contributed by atoms with Crippen molar-refractivity contribution in [1.82, 2.24) is 14.2 Å². The van der Waals surface area contributed by atoms with E-state index in [1.807, 2.05) is 54.6 Å². The van der Waals surface area contributed by atoms with E-state index in [2.05, 4.69) is 72.2 Å². The number of furan rings is 1. The van der Waals surface area contributed by atoms with Crippen LogP contribution in [0.15, 0.2) is 136 Å². The number of aromatic nitrogens is 3. The van der Waals surface area contributed by atoms with Crippen LogP contribution in [0.25, 0.3) is 55.1 Å². The van der Waals surface area contributed by atoms with Crippen molar-refractivity contribution in [3.63, 3.8) is 0 Å². The number of hydrogen-bond donors (Lipinski definition) is 0. The lowest BCUT2D eigenvalue weighted by atomic mass is 10.0. The fourth-order valence-electron chi connectivity index (χ4n) is 6.02.